The van der Waals surface area contributed by atoms with Gasteiger partial charge < -0.3 is 14.5 Å². The van der Waals surface area contributed by atoms with Crippen LogP contribution in [-0.2, 0) is 11.2 Å². The molecule has 6 heteroatoms. The fraction of sp³-hybridized carbons (Fsp3) is 0.450. The minimum atomic E-state index is -1.03. The third kappa shape index (κ3) is 4.19. The number of nitrogens with zero attached hydrogens (tertiary/aromatic N) is 3. The van der Waals surface area contributed by atoms with Crippen LogP contribution in [0.4, 0.5) is 0 Å². The van der Waals surface area contributed by atoms with Gasteiger partial charge in [-0.25, -0.2) is 0 Å². The first-order chi connectivity index (χ1) is 12.4. The van der Waals surface area contributed by atoms with Crippen molar-refractivity contribution in [3.05, 3.63) is 53.2 Å². The molecule has 1 unspecified atom stereocenters. The van der Waals surface area contributed by atoms with Gasteiger partial charge in [-0.05, 0) is 50.3 Å². The molecule has 2 aromatic rings. The summed E-state index contributed by atoms with van der Waals surface area (Å²) in [6.45, 7) is 6.63. The number of hydrogen-bond acceptors (Lipinski definition) is 5. The van der Waals surface area contributed by atoms with Gasteiger partial charge in [-0.15, -0.1) is 0 Å². The first-order valence-corrected chi connectivity index (χ1v) is 8.91. The number of aliphatic hydroxyl groups is 1. The highest BCUT2D eigenvalue weighted by atomic mass is 16.5. The van der Waals surface area contributed by atoms with Crippen LogP contribution in [0, 0.1) is 13.8 Å². The molecule has 1 aliphatic heterocycles. The van der Waals surface area contributed by atoms with E-state index < -0.39 is 5.60 Å². The zero-order chi connectivity index (χ0) is 18.7. The van der Waals surface area contributed by atoms with E-state index >= 15 is 0 Å². The van der Waals surface area contributed by atoms with Crippen molar-refractivity contribution in [1.29, 1.82) is 0 Å². The average molecular weight is 355 g/mol. The normalized spacial score (nSPS) is 21.1. The fourth-order valence-electron chi connectivity index (χ4n) is 3.51. The van der Waals surface area contributed by atoms with Gasteiger partial charge in [0.1, 0.15) is 0 Å². The smallest absolute Gasteiger partial charge is 0.246 e. The molecule has 26 heavy (non-hydrogen) atoms. The van der Waals surface area contributed by atoms with E-state index in [1.807, 2.05) is 38.1 Å². The van der Waals surface area contributed by atoms with Gasteiger partial charge in [0.25, 0.3) is 0 Å². The van der Waals surface area contributed by atoms with Crippen molar-refractivity contribution in [1.82, 2.24) is 15.0 Å². The molecule has 0 aliphatic carbocycles. The second-order valence-electron chi connectivity index (χ2n) is 7.14. The van der Waals surface area contributed by atoms with E-state index in [1.54, 1.807) is 17.9 Å². The van der Waals surface area contributed by atoms with Crippen molar-refractivity contribution >= 4 is 11.5 Å². The molecule has 1 aliphatic rings. The monoisotopic (exact) mass is 355 g/mol. The van der Waals surface area contributed by atoms with Gasteiger partial charge in [0.05, 0.1) is 18.6 Å². The van der Waals surface area contributed by atoms with Gasteiger partial charge in [0, 0.05) is 12.6 Å². The Morgan fingerprint density at radius 1 is 1.38 bits per heavy atom. The second kappa shape index (κ2) is 7.41. The van der Waals surface area contributed by atoms with Crippen molar-refractivity contribution in [2.45, 2.75) is 45.6 Å². The molecular weight excluding hydrogens is 330 g/mol. The molecule has 2 heterocycles. The summed E-state index contributed by atoms with van der Waals surface area (Å²) in [6.07, 6.45) is 3.27. The Kier molecular flexibility index (Phi) is 5.23. The third-order valence-corrected chi connectivity index (χ3v) is 4.83. The summed E-state index contributed by atoms with van der Waals surface area (Å²) in [6, 6.07) is 8.00. The fourth-order valence-corrected chi connectivity index (χ4v) is 3.51. The standard InChI is InChI=1S/C20H25N3O3/c1-14-7-4-5-8-17(14)15(2)11-19(24)23-10-6-9-20(25,13-23)12-18-21-16(3)22-26-18/h4-5,7-8,11,25H,6,9-10,12-13H2,1-3H3/b15-11+. The number of amides is 1. The lowest BCUT2D eigenvalue weighted by molar-refractivity contribution is -0.133. The summed E-state index contributed by atoms with van der Waals surface area (Å²) in [5.74, 6) is 0.876. The van der Waals surface area contributed by atoms with Gasteiger partial charge in [-0.3, -0.25) is 4.79 Å². The number of aromatic nitrogens is 2. The highest BCUT2D eigenvalue weighted by molar-refractivity contribution is 5.95. The number of carbonyl (C=O) groups is 1. The molecule has 1 saturated heterocycles. The topological polar surface area (TPSA) is 79.5 Å². The SMILES string of the molecule is C/C(=C\C(=O)N1CCCC(O)(Cc2nc(C)no2)C1)c1ccccc1C. The van der Waals surface area contributed by atoms with E-state index in [0.29, 0.717) is 24.7 Å². The van der Waals surface area contributed by atoms with Gasteiger partial charge in [-0.1, -0.05) is 29.4 Å². The summed E-state index contributed by atoms with van der Waals surface area (Å²) < 4.78 is 5.13. The predicted octanol–water partition coefficient (Wildman–Crippen LogP) is 2.69. The number of carbonyl (C=O) groups excluding carboxylic acids is 1. The zero-order valence-corrected chi connectivity index (χ0v) is 15.5. The van der Waals surface area contributed by atoms with Crippen LogP contribution in [-0.4, -0.2) is 44.7 Å². The molecule has 1 atom stereocenters. The van der Waals surface area contributed by atoms with E-state index in [1.165, 1.54) is 0 Å². The van der Waals surface area contributed by atoms with E-state index in [4.69, 9.17) is 4.52 Å². The number of aryl methyl sites for hydroxylation is 2. The molecule has 1 aromatic heterocycles. The highest BCUT2D eigenvalue weighted by Crippen LogP contribution is 2.26. The number of likely N-dealkylation sites (tertiary alicyclic amines) is 1. The van der Waals surface area contributed by atoms with Crippen LogP contribution < -0.4 is 0 Å². The Bertz CT molecular complexity index is 827. The number of allylic oxidation sites excluding steroid dienone is 1. The number of hydrogen-bond donors (Lipinski definition) is 1. The molecule has 1 amide bonds. The maximum atomic E-state index is 12.7. The van der Waals surface area contributed by atoms with Crippen LogP contribution in [0.25, 0.3) is 5.57 Å². The van der Waals surface area contributed by atoms with Crippen LogP contribution in [0.1, 0.15) is 42.6 Å². The number of β-amino-alcohol motifs (C(OH)–C–C–N with tert-alkyl or cyclic N) is 1. The molecule has 1 aromatic carbocycles. The van der Waals surface area contributed by atoms with Crippen molar-refractivity contribution in [3.8, 4) is 0 Å². The Hall–Kier alpha value is -2.47. The lowest BCUT2D eigenvalue weighted by Gasteiger charge is -2.38. The molecule has 6 nitrogen and oxygen atoms in total. The third-order valence-electron chi connectivity index (χ3n) is 4.83. The minimum Gasteiger partial charge on any atom is -0.388 e. The summed E-state index contributed by atoms with van der Waals surface area (Å²) in [5.41, 5.74) is 2.09. The molecule has 138 valence electrons. The quantitative estimate of drug-likeness (QED) is 0.853. The van der Waals surface area contributed by atoms with Crippen molar-refractivity contribution in [2.75, 3.05) is 13.1 Å². The van der Waals surface area contributed by atoms with Crippen molar-refractivity contribution in [3.63, 3.8) is 0 Å². The lowest BCUT2D eigenvalue weighted by atomic mass is 9.89. The number of rotatable bonds is 4. The minimum absolute atomic E-state index is 0.0782. The van der Waals surface area contributed by atoms with Crippen LogP contribution in [0.3, 0.4) is 0 Å². The van der Waals surface area contributed by atoms with Crippen molar-refractivity contribution < 1.29 is 14.4 Å². The number of piperidine rings is 1. The van der Waals surface area contributed by atoms with Gasteiger partial charge in [-0.2, -0.15) is 4.98 Å². The summed E-state index contributed by atoms with van der Waals surface area (Å²) in [5, 5.41) is 14.7. The molecule has 0 radical (unpaired) electrons. The van der Waals surface area contributed by atoms with Crippen molar-refractivity contribution in [2.24, 2.45) is 0 Å². The van der Waals surface area contributed by atoms with Gasteiger partial charge >= 0.3 is 0 Å². The van der Waals surface area contributed by atoms with Crippen LogP contribution in [0.2, 0.25) is 0 Å². The van der Waals surface area contributed by atoms with Crippen LogP contribution in [0.15, 0.2) is 34.9 Å². The van der Waals surface area contributed by atoms with Crippen LogP contribution >= 0.6 is 0 Å². The first-order valence-electron chi connectivity index (χ1n) is 8.91. The Labute approximate surface area is 153 Å². The van der Waals surface area contributed by atoms with E-state index in [0.717, 1.165) is 23.1 Å². The maximum Gasteiger partial charge on any atom is 0.246 e. The molecule has 0 saturated carbocycles. The van der Waals surface area contributed by atoms with Crippen LogP contribution in [0.5, 0.6) is 0 Å². The second-order valence-corrected chi connectivity index (χ2v) is 7.14. The maximum absolute atomic E-state index is 12.7. The van der Waals surface area contributed by atoms with E-state index in [2.05, 4.69) is 10.1 Å². The Balaban J connectivity index is 1.71. The Morgan fingerprint density at radius 2 is 2.15 bits per heavy atom. The average Bonchev–Trinajstić information content (AvgIpc) is 2.99. The number of benzene rings is 1. The molecule has 1 N–H and O–H groups in total. The summed E-state index contributed by atoms with van der Waals surface area (Å²) in [4.78, 5) is 18.6. The van der Waals surface area contributed by atoms with E-state index in [-0.39, 0.29) is 18.9 Å². The molecule has 0 bridgehead atoms. The zero-order valence-electron chi connectivity index (χ0n) is 15.5. The largest absolute Gasteiger partial charge is 0.388 e. The lowest BCUT2D eigenvalue weighted by Crippen LogP contribution is -2.51. The molecule has 1 fully saturated rings. The summed E-state index contributed by atoms with van der Waals surface area (Å²) in [7, 11) is 0. The van der Waals surface area contributed by atoms with Gasteiger partial charge in [0.2, 0.25) is 11.8 Å². The van der Waals surface area contributed by atoms with E-state index in [9.17, 15) is 9.90 Å². The Morgan fingerprint density at radius 3 is 2.85 bits per heavy atom. The molecule has 3 rings (SSSR count). The predicted molar refractivity (Wildman–Crippen MR) is 98.3 cm³/mol. The highest BCUT2D eigenvalue weighted by Gasteiger charge is 2.36. The van der Waals surface area contributed by atoms with Gasteiger partial charge in [0.15, 0.2) is 5.82 Å². The summed E-state index contributed by atoms with van der Waals surface area (Å²) >= 11 is 0. The molecular formula is C20H25N3O3. The first kappa shape index (κ1) is 18.3. The molecule has 0 spiro atoms.